The molecule has 0 amide bonds. The fraction of sp³-hybridized carbons (Fsp3) is 0.267. The van der Waals surface area contributed by atoms with Crippen molar-refractivity contribution in [2.24, 2.45) is 0 Å². The molecule has 0 fully saturated rings. The van der Waals surface area contributed by atoms with Crippen LogP contribution >= 0.6 is 15.9 Å². The molecule has 2 rings (SSSR count). The Kier molecular flexibility index (Phi) is 3.90. The van der Waals surface area contributed by atoms with Crippen molar-refractivity contribution < 1.29 is 9.13 Å². The van der Waals surface area contributed by atoms with E-state index in [-0.39, 0.29) is 11.3 Å². The van der Waals surface area contributed by atoms with Crippen LogP contribution in [0.1, 0.15) is 26.3 Å². The molecule has 4 heteroatoms. The van der Waals surface area contributed by atoms with Gasteiger partial charge < -0.3 is 4.74 Å². The molecule has 0 N–H and O–H groups in total. The number of pyridine rings is 1. The molecular formula is C15H15BrFNO. The monoisotopic (exact) mass is 323 g/mol. The Bertz CT molecular complexity index is 593. The third-order valence-electron chi connectivity index (χ3n) is 2.69. The smallest absolute Gasteiger partial charge is 0.255 e. The van der Waals surface area contributed by atoms with Crippen LogP contribution in [0.5, 0.6) is 11.6 Å². The topological polar surface area (TPSA) is 22.1 Å². The maximum Gasteiger partial charge on any atom is 0.255 e. The van der Waals surface area contributed by atoms with Crippen molar-refractivity contribution in [3.8, 4) is 11.6 Å². The Labute approximate surface area is 120 Å². The summed E-state index contributed by atoms with van der Waals surface area (Å²) >= 11 is 3.16. The summed E-state index contributed by atoms with van der Waals surface area (Å²) < 4.78 is 19.7. The first-order valence-electron chi connectivity index (χ1n) is 5.96. The second-order valence-electron chi connectivity index (χ2n) is 5.32. The lowest BCUT2D eigenvalue weighted by Crippen LogP contribution is -2.10. The van der Waals surface area contributed by atoms with E-state index in [0.29, 0.717) is 10.2 Å². The van der Waals surface area contributed by atoms with E-state index >= 15 is 0 Å². The third-order valence-corrected chi connectivity index (χ3v) is 3.12. The van der Waals surface area contributed by atoms with Gasteiger partial charge in [-0.05, 0) is 45.1 Å². The van der Waals surface area contributed by atoms with Crippen LogP contribution in [0.4, 0.5) is 4.39 Å². The van der Waals surface area contributed by atoms with E-state index in [1.807, 2.05) is 18.2 Å². The van der Waals surface area contributed by atoms with Crippen molar-refractivity contribution in [1.82, 2.24) is 4.98 Å². The zero-order valence-corrected chi connectivity index (χ0v) is 12.7. The van der Waals surface area contributed by atoms with Crippen LogP contribution in [0.3, 0.4) is 0 Å². The molecule has 0 radical (unpaired) electrons. The molecule has 1 heterocycles. The van der Waals surface area contributed by atoms with Gasteiger partial charge in [0.25, 0.3) is 5.88 Å². The Morgan fingerprint density at radius 1 is 1.21 bits per heavy atom. The summed E-state index contributed by atoms with van der Waals surface area (Å²) in [6.07, 6.45) is 1.51. The summed E-state index contributed by atoms with van der Waals surface area (Å²) in [5, 5.41) is 0. The average molecular weight is 324 g/mol. The molecule has 0 saturated carbocycles. The van der Waals surface area contributed by atoms with E-state index in [2.05, 4.69) is 41.7 Å². The molecule has 0 unspecified atom stereocenters. The molecule has 100 valence electrons. The predicted molar refractivity (Wildman–Crippen MR) is 77.1 cm³/mol. The van der Waals surface area contributed by atoms with Gasteiger partial charge in [-0.2, -0.15) is 0 Å². The van der Waals surface area contributed by atoms with E-state index in [4.69, 9.17) is 4.74 Å². The Balaban J connectivity index is 2.29. The lowest BCUT2D eigenvalue weighted by molar-refractivity contribution is 0.420. The SMILES string of the molecule is CC(C)(C)c1cccc(Oc2ncc(Br)cc2F)c1. The summed E-state index contributed by atoms with van der Waals surface area (Å²) in [7, 11) is 0. The number of hydrogen-bond acceptors (Lipinski definition) is 2. The minimum Gasteiger partial charge on any atom is -0.436 e. The second-order valence-corrected chi connectivity index (χ2v) is 6.24. The highest BCUT2D eigenvalue weighted by atomic mass is 79.9. The number of halogens is 2. The van der Waals surface area contributed by atoms with Gasteiger partial charge in [0.15, 0.2) is 5.82 Å². The van der Waals surface area contributed by atoms with Crippen LogP contribution in [-0.4, -0.2) is 4.98 Å². The van der Waals surface area contributed by atoms with Crippen LogP contribution in [-0.2, 0) is 5.41 Å². The maximum atomic E-state index is 13.7. The highest BCUT2D eigenvalue weighted by Crippen LogP contribution is 2.29. The molecule has 2 aromatic rings. The number of benzene rings is 1. The first-order chi connectivity index (χ1) is 8.86. The van der Waals surface area contributed by atoms with E-state index in [1.165, 1.54) is 12.3 Å². The van der Waals surface area contributed by atoms with Crippen LogP contribution in [0.25, 0.3) is 0 Å². The summed E-state index contributed by atoms with van der Waals surface area (Å²) in [6, 6.07) is 8.95. The summed E-state index contributed by atoms with van der Waals surface area (Å²) in [6.45, 7) is 6.35. The van der Waals surface area contributed by atoms with Gasteiger partial charge in [-0.3, -0.25) is 0 Å². The normalized spacial score (nSPS) is 11.4. The van der Waals surface area contributed by atoms with Gasteiger partial charge in [-0.15, -0.1) is 0 Å². The first-order valence-corrected chi connectivity index (χ1v) is 6.75. The van der Waals surface area contributed by atoms with Crippen molar-refractivity contribution in [2.75, 3.05) is 0 Å². The number of ether oxygens (including phenoxy) is 1. The molecule has 0 aliphatic carbocycles. The molecule has 0 saturated heterocycles. The van der Waals surface area contributed by atoms with Crippen LogP contribution in [0, 0.1) is 5.82 Å². The molecule has 0 aliphatic rings. The van der Waals surface area contributed by atoms with E-state index in [0.717, 1.165) is 5.56 Å². The van der Waals surface area contributed by atoms with Crippen molar-refractivity contribution >= 4 is 15.9 Å². The lowest BCUT2D eigenvalue weighted by atomic mass is 9.87. The lowest BCUT2D eigenvalue weighted by Gasteiger charge is -2.19. The van der Waals surface area contributed by atoms with Crippen LogP contribution in [0.15, 0.2) is 41.0 Å². The quantitative estimate of drug-likeness (QED) is 0.769. The Morgan fingerprint density at radius 3 is 2.58 bits per heavy atom. The van der Waals surface area contributed by atoms with E-state index in [9.17, 15) is 4.39 Å². The Hall–Kier alpha value is -1.42. The van der Waals surface area contributed by atoms with Gasteiger partial charge in [-0.1, -0.05) is 32.9 Å². The van der Waals surface area contributed by atoms with Crippen molar-refractivity contribution in [1.29, 1.82) is 0 Å². The standard InChI is InChI=1S/C15H15BrFNO/c1-15(2,3)10-5-4-6-12(7-10)19-14-13(17)8-11(16)9-18-14/h4-9H,1-3H3. The minimum atomic E-state index is -0.490. The average Bonchev–Trinajstić information content (AvgIpc) is 2.32. The zero-order valence-electron chi connectivity index (χ0n) is 11.1. The van der Waals surface area contributed by atoms with Gasteiger partial charge in [0.1, 0.15) is 5.75 Å². The maximum absolute atomic E-state index is 13.7. The highest BCUT2D eigenvalue weighted by Gasteiger charge is 2.15. The molecule has 19 heavy (non-hydrogen) atoms. The summed E-state index contributed by atoms with van der Waals surface area (Å²) in [5.74, 6) is 0.0749. The fourth-order valence-electron chi connectivity index (χ4n) is 1.61. The molecule has 1 aromatic carbocycles. The fourth-order valence-corrected chi connectivity index (χ4v) is 1.92. The van der Waals surface area contributed by atoms with Crippen molar-refractivity contribution in [3.63, 3.8) is 0 Å². The van der Waals surface area contributed by atoms with Crippen molar-refractivity contribution in [3.05, 3.63) is 52.4 Å². The predicted octanol–water partition coefficient (Wildman–Crippen LogP) is 5.07. The largest absolute Gasteiger partial charge is 0.436 e. The van der Waals surface area contributed by atoms with Crippen LogP contribution in [0.2, 0.25) is 0 Å². The Morgan fingerprint density at radius 2 is 1.95 bits per heavy atom. The molecule has 1 aromatic heterocycles. The number of aromatic nitrogens is 1. The first kappa shape index (κ1) is 14.0. The van der Waals surface area contributed by atoms with E-state index < -0.39 is 5.82 Å². The molecule has 0 bridgehead atoms. The number of nitrogens with zero attached hydrogens (tertiary/aromatic N) is 1. The summed E-state index contributed by atoms with van der Waals surface area (Å²) in [5.41, 5.74) is 1.15. The van der Waals surface area contributed by atoms with E-state index in [1.54, 1.807) is 6.07 Å². The van der Waals surface area contributed by atoms with Gasteiger partial charge in [0, 0.05) is 10.7 Å². The third kappa shape index (κ3) is 3.53. The number of rotatable bonds is 2. The minimum absolute atomic E-state index is 0.0189. The molecule has 0 aliphatic heterocycles. The summed E-state index contributed by atoms with van der Waals surface area (Å²) in [4.78, 5) is 3.92. The molecule has 0 atom stereocenters. The van der Waals surface area contributed by atoms with Crippen LogP contribution < -0.4 is 4.74 Å². The van der Waals surface area contributed by atoms with Gasteiger partial charge in [0.05, 0.1) is 0 Å². The highest BCUT2D eigenvalue weighted by molar-refractivity contribution is 9.10. The van der Waals surface area contributed by atoms with Gasteiger partial charge >= 0.3 is 0 Å². The zero-order chi connectivity index (χ0) is 14.0. The molecule has 0 spiro atoms. The van der Waals surface area contributed by atoms with Gasteiger partial charge in [0.2, 0.25) is 0 Å². The van der Waals surface area contributed by atoms with Crippen molar-refractivity contribution in [2.45, 2.75) is 26.2 Å². The molecular weight excluding hydrogens is 309 g/mol. The number of hydrogen-bond donors (Lipinski definition) is 0. The second kappa shape index (κ2) is 5.29. The van der Waals surface area contributed by atoms with Gasteiger partial charge in [-0.25, -0.2) is 9.37 Å². The molecule has 2 nitrogen and oxygen atoms in total.